The predicted octanol–water partition coefficient (Wildman–Crippen LogP) is 2.69. The average Bonchev–Trinajstić information content (AvgIpc) is 3.28. The molecule has 0 aromatic heterocycles. The zero-order valence-corrected chi connectivity index (χ0v) is 17.5. The Labute approximate surface area is 168 Å². The number of hydrogen-bond acceptors (Lipinski definition) is 3. The molecule has 0 saturated carbocycles. The van der Waals surface area contributed by atoms with Gasteiger partial charge in [0.1, 0.15) is 5.75 Å². The number of benzene rings is 1. The van der Waals surface area contributed by atoms with Crippen molar-refractivity contribution in [1.29, 1.82) is 0 Å². The fraction of sp³-hybridized carbons (Fsp3) is 0.632. The number of aliphatic imine (C=N–C) groups is 1. The largest absolute Gasteiger partial charge is 0.508 e. The first-order chi connectivity index (χ1) is 11.8. The van der Waals surface area contributed by atoms with Crippen LogP contribution in [0.2, 0.25) is 0 Å². The van der Waals surface area contributed by atoms with Gasteiger partial charge < -0.3 is 15.3 Å². The minimum absolute atomic E-state index is 0. The summed E-state index contributed by atoms with van der Waals surface area (Å²) in [5.74, 6) is 1.38. The first-order valence-electron chi connectivity index (χ1n) is 9.24. The molecule has 2 aliphatic rings. The highest BCUT2D eigenvalue weighted by Crippen LogP contribution is 2.20. The normalized spacial score (nSPS) is 21.4. The van der Waals surface area contributed by atoms with Gasteiger partial charge in [-0.25, -0.2) is 0 Å². The lowest BCUT2D eigenvalue weighted by atomic mass is 10.1. The molecular weight excluding hydrogens is 427 g/mol. The third-order valence-corrected chi connectivity index (χ3v) is 5.19. The van der Waals surface area contributed by atoms with E-state index in [4.69, 9.17) is 0 Å². The minimum atomic E-state index is 0. The van der Waals surface area contributed by atoms with Gasteiger partial charge in [-0.2, -0.15) is 0 Å². The molecule has 25 heavy (non-hydrogen) atoms. The molecule has 2 N–H and O–H groups in total. The summed E-state index contributed by atoms with van der Waals surface area (Å²) in [6.07, 6.45) is 6.06. The van der Waals surface area contributed by atoms with Crippen molar-refractivity contribution < 1.29 is 5.11 Å². The Hall–Kier alpha value is -1.02. The smallest absolute Gasteiger partial charge is 0.193 e. The van der Waals surface area contributed by atoms with E-state index in [0.717, 1.165) is 38.4 Å². The standard InChI is InChI=1S/C19H30N4O.HI/c1-20-19(21-11-4-5-16-6-8-18(24)9-7-16)23-14-10-17(15-23)22-12-2-3-13-22;/h6-9,17,24H,2-5,10-15H2,1H3,(H,20,21);1H. The highest BCUT2D eigenvalue weighted by atomic mass is 127. The van der Waals surface area contributed by atoms with Crippen molar-refractivity contribution in [3.63, 3.8) is 0 Å². The molecule has 0 amide bonds. The van der Waals surface area contributed by atoms with Crippen molar-refractivity contribution in [1.82, 2.24) is 15.1 Å². The number of nitrogens with one attached hydrogen (secondary N) is 1. The second-order valence-corrected chi connectivity index (χ2v) is 6.88. The summed E-state index contributed by atoms with van der Waals surface area (Å²) in [6, 6.07) is 8.20. The van der Waals surface area contributed by atoms with Crippen molar-refractivity contribution in [2.45, 2.75) is 38.1 Å². The highest BCUT2D eigenvalue weighted by molar-refractivity contribution is 14.0. The van der Waals surface area contributed by atoms with Gasteiger partial charge in [0.15, 0.2) is 5.96 Å². The van der Waals surface area contributed by atoms with Crippen molar-refractivity contribution in [3.8, 4) is 5.75 Å². The maximum Gasteiger partial charge on any atom is 0.193 e. The zero-order valence-electron chi connectivity index (χ0n) is 15.2. The fourth-order valence-electron chi connectivity index (χ4n) is 3.83. The quantitative estimate of drug-likeness (QED) is 0.309. The molecule has 0 spiro atoms. The second kappa shape index (κ2) is 10.2. The maximum atomic E-state index is 9.32. The van der Waals surface area contributed by atoms with Crippen LogP contribution in [0.3, 0.4) is 0 Å². The molecular formula is C19H31IN4O. The number of halogens is 1. The van der Waals surface area contributed by atoms with E-state index >= 15 is 0 Å². The third kappa shape index (κ3) is 5.74. The van der Waals surface area contributed by atoms with Crippen molar-refractivity contribution in [2.24, 2.45) is 4.99 Å². The lowest BCUT2D eigenvalue weighted by Crippen LogP contribution is -2.43. The molecule has 140 valence electrons. The van der Waals surface area contributed by atoms with Crippen LogP contribution in [0.25, 0.3) is 0 Å². The van der Waals surface area contributed by atoms with Crippen molar-refractivity contribution in [2.75, 3.05) is 39.8 Å². The molecule has 1 atom stereocenters. The summed E-state index contributed by atoms with van der Waals surface area (Å²) >= 11 is 0. The van der Waals surface area contributed by atoms with Gasteiger partial charge in [0, 0.05) is 32.7 Å². The van der Waals surface area contributed by atoms with Crippen LogP contribution in [0, 0.1) is 0 Å². The average molecular weight is 458 g/mol. The summed E-state index contributed by atoms with van der Waals surface area (Å²) < 4.78 is 0. The fourth-order valence-corrected chi connectivity index (χ4v) is 3.83. The summed E-state index contributed by atoms with van der Waals surface area (Å²) in [4.78, 5) is 9.52. The molecule has 1 aromatic rings. The highest BCUT2D eigenvalue weighted by Gasteiger charge is 2.30. The molecule has 2 heterocycles. The summed E-state index contributed by atoms with van der Waals surface area (Å²) in [5, 5.41) is 12.8. The lowest BCUT2D eigenvalue weighted by Gasteiger charge is -2.25. The van der Waals surface area contributed by atoms with Crippen LogP contribution in [0.15, 0.2) is 29.3 Å². The lowest BCUT2D eigenvalue weighted by molar-refractivity contribution is 0.249. The van der Waals surface area contributed by atoms with E-state index in [1.54, 1.807) is 12.1 Å². The molecule has 0 aliphatic carbocycles. The molecule has 2 fully saturated rings. The van der Waals surface area contributed by atoms with Crippen LogP contribution in [0.5, 0.6) is 5.75 Å². The van der Waals surface area contributed by atoms with Crippen molar-refractivity contribution >= 4 is 29.9 Å². The zero-order chi connectivity index (χ0) is 16.8. The minimum Gasteiger partial charge on any atom is -0.508 e. The Morgan fingerprint density at radius 1 is 1.20 bits per heavy atom. The van der Waals surface area contributed by atoms with Crippen LogP contribution < -0.4 is 5.32 Å². The summed E-state index contributed by atoms with van der Waals surface area (Å²) in [7, 11) is 1.88. The Bertz CT molecular complexity index is 543. The third-order valence-electron chi connectivity index (χ3n) is 5.19. The monoisotopic (exact) mass is 458 g/mol. The van der Waals surface area contributed by atoms with Crippen LogP contribution in [-0.4, -0.2) is 66.7 Å². The molecule has 5 nitrogen and oxygen atoms in total. The van der Waals surface area contributed by atoms with Crippen LogP contribution in [0.1, 0.15) is 31.2 Å². The Morgan fingerprint density at radius 3 is 2.60 bits per heavy atom. The Kier molecular flexibility index (Phi) is 8.29. The van der Waals surface area contributed by atoms with Crippen LogP contribution >= 0.6 is 24.0 Å². The second-order valence-electron chi connectivity index (χ2n) is 6.88. The van der Waals surface area contributed by atoms with Crippen LogP contribution in [0.4, 0.5) is 0 Å². The van der Waals surface area contributed by atoms with E-state index in [2.05, 4.69) is 20.1 Å². The first-order valence-corrected chi connectivity index (χ1v) is 9.24. The summed E-state index contributed by atoms with van der Waals surface area (Å²) in [6.45, 7) is 5.70. The van der Waals surface area contributed by atoms with E-state index in [1.807, 2.05) is 19.2 Å². The molecule has 1 unspecified atom stereocenters. The van der Waals surface area contributed by atoms with E-state index in [1.165, 1.54) is 37.9 Å². The molecule has 6 heteroatoms. The van der Waals surface area contributed by atoms with Crippen LogP contribution in [-0.2, 0) is 6.42 Å². The van der Waals surface area contributed by atoms with Gasteiger partial charge >= 0.3 is 0 Å². The molecule has 0 bridgehead atoms. The number of hydrogen-bond donors (Lipinski definition) is 2. The van der Waals surface area contributed by atoms with Gasteiger partial charge in [-0.05, 0) is 62.9 Å². The number of nitrogens with zero attached hydrogens (tertiary/aromatic N) is 3. The van der Waals surface area contributed by atoms with E-state index in [-0.39, 0.29) is 24.0 Å². The van der Waals surface area contributed by atoms with Gasteiger partial charge in [-0.15, -0.1) is 24.0 Å². The molecule has 0 radical (unpaired) electrons. The maximum absolute atomic E-state index is 9.32. The number of aryl methyl sites for hydroxylation is 1. The number of rotatable bonds is 5. The van der Waals surface area contributed by atoms with Gasteiger partial charge in [-0.3, -0.25) is 9.89 Å². The number of likely N-dealkylation sites (tertiary alicyclic amines) is 2. The van der Waals surface area contributed by atoms with Gasteiger partial charge in [0.05, 0.1) is 0 Å². The Balaban J connectivity index is 0.00000225. The molecule has 1 aromatic carbocycles. The SMILES string of the molecule is CN=C(NCCCc1ccc(O)cc1)N1CCC(N2CCCC2)C1.I. The van der Waals surface area contributed by atoms with E-state index in [9.17, 15) is 5.11 Å². The topological polar surface area (TPSA) is 51.1 Å². The van der Waals surface area contributed by atoms with Crippen molar-refractivity contribution in [3.05, 3.63) is 29.8 Å². The number of phenols is 1. The molecule has 2 saturated heterocycles. The van der Waals surface area contributed by atoms with Gasteiger partial charge in [-0.1, -0.05) is 12.1 Å². The predicted molar refractivity (Wildman–Crippen MR) is 114 cm³/mol. The molecule has 3 rings (SSSR count). The van der Waals surface area contributed by atoms with Gasteiger partial charge in [0.25, 0.3) is 0 Å². The Morgan fingerprint density at radius 2 is 1.92 bits per heavy atom. The van der Waals surface area contributed by atoms with Gasteiger partial charge in [0.2, 0.25) is 0 Å². The molecule has 2 aliphatic heterocycles. The van der Waals surface area contributed by atoms with E-state index in [0.29, 0.717) is 11.8 Å². The number of phenolic OH excluding ortho intramolecular Hbond substituents is 1. The van der Waals surface area contributed by atoms with E-state index < -0.39 is 0 Å². The number of aromatic hydroxyl groups is 1. The first kappa shape index (κ1) is 20.3. The number of guanidine groups is 1. The summed E-state index contributed by atoms with van der Waals surface area (Å²) in [5.41, 5.74) is 1.26.